The second-order valence-corrected chi connectivity index (χ2v) is 10.2. The third-order valence-corrected chi connectivity index (χ3v) is 6.02. The second kappa shape index (κ2) is 13.5. The average Bonchev–Trinajstić information content (AvgIpc) is 2.91. The maximum absolute atomic E-state index is 14.1. The molecule has 0 saturated carbocycles. The van der Waals surface area contributed by atoms with Crippen LogP contribution in [0.1, 0.15) is 44.9 Å². The molecule has 0 aliphatic rings. The molecule has 0 heterocycles. The van der Waals surface area contributed by atoms with E-state index in [1.807, 2.05) is 30.3 Å². The number of methoxy groups -OCH3 is 1. The van der Waals surface area contributed by atoms with Crippen LogP contribution in [0.2, 0.25) is 0 Å². The lowest BCUT2D eigenvalue weighted by Gasteiger charge is -2.34. The second-order valence-electron chi connectivity index (χ2n) is 10.2. The zero-order chi connectivity index (χ0) is 29.3. The van der Waals surface area contributed by atoms with Crippen LogP contribution in [-0.2, 0) is 20.7 Å². The molecule has 212 valence electrons. The molecule has 0 bridgehead atoms. The molecule has 9 nitrogen and oxygen atoms in total. The largest absolute Gasteiger partial charge is 0.508 e. The maximum atomic E-state index is 14.1. The summed E-state index contributed by atoms with van der Waals surface area (Å²) in [6.45, 7) is 7.15. The van der Waals surface area contributed by atoms with Crippen molar-refractivity contribution in [1.29, 1.82) is 0 Å². The summed E-state index contributed by atoms with van der Waals surface area (Å²) in [5.41, 5.74) is 1.08. The number of carbonyl (C=O) groups excluding carboxylic acids is 3. The van der Waals surface area contributed by atoms with Crippen molar-refractivity contribution in [3.8, 4) is 11.5 Å². The van der Waals surface area contributed by atoms with E-state index in [1.165, 1.54) is 17.0 Å². The number of rotatable bonds is 10. The average molecular weight is 548 g/mol. The third-order valence-electron chi connectivity index (χ3n) is 6.02. The fourth-order valence-corrected chi connectivity index (χ4v) is 4.18. The number of likely N-dealkylation sites (N-methyl/N-ethyl adjacent to an activating group) is 1. The number of phenols is 1. The van der Waals surface area contributed by atoms with Crippen molar-refractivity contribution in [1.82, 2.24) is 10.2 Å². The molecule has 2 unspecified atom stereocenters. The Bertz CT molecular complexity index is 1270. The molecule has 3 aromatic carbocycles. The summed E-state index contributed by atoms with van der Waals surface area (Å²) >= 11 is 0. The van der Waals surface area contributed by atoms with Crippen LogP contribution < -0.4 is 15.4 Å². The van der Waals surface area contributed by atoms with Gasteiger partial charge >= 0.3 is 6.09 Å². The van der Waals surface area contributed by atoms with Crippen molar-refractivity contribution in [2.75, 3.05) is 19.0 Å². The van der Waals surface area contributed by atoms with Crippen LogP contribution >= 0.6 is 0 Å². The van der Waals surface area contributed by atoms with E-state index in [-0.39, 0.29) is 18.7 Å². The molecule has 3 aromatic rings. The molecule has 3 N–H and O–H groups in total. The minimum atomic E-state index is -1.06. The predicted molar refractivity (Wildman–Crippen MR) is 153 cm³/mol. The fraction of sp³-hybridized carbons (Fsp3) is 0.323. The maximum Gasteiger partial charge on any atom is 0.408 e. The molecule has 3 amide bonds. The van der Waals surface area contributed by atoms with Crippen LogP contribution in [0.5, 0.6) is 11.5 Å². The van der Waals surface area contributed by atoms with Gasteiger partial charge in [-0.15, -0.1) is 0 Å². The minimum absolute atomic E-state index is 0.0287. The molecule has 0 aromatic heterocycles. The molecule has 2 atom stereocenters. The Morgan fingerprint density at radius 3 is 2.10 bits per heavy atom. The Morgan fingerprint density at radius 1 is 0.925 bits per heavy atom. The number of ether oxygens (including phenoxy) is 2. The quantitative estimate of drug-likeness (QED) is 0.327. The molecule has 40 heavy (non-hydrogen) atoms. The fourth-order valence-electron chi connectivity index (χ4n) is 4.18. The number of alkyl carbamates (subject to hydrolysis) is 1. The van der Waals surface area contributed by atoms with E-state index in [2.05, 4.69) is 10.6 Å². The summed E-state index contributed by atoms with van der Waals surface area (Å²) in [5, 5.41) is 15.4. The summed E-state index contributed by atoms with van der Waals surface area (Å²) in [5.74, 6) is -0.252. The zero-order valence-electron chi connectivity index (χ0n) is 23.5. The number of nitrogens with one attached hydrogen (secondary N) is 2. The zero-order valence-corrected chi connectivity index (χ0v) is 23.5. The lowest BCUT2D eigenvalue weighted by atomic mass is 10.00. The molecular formula is C31H37N3O6. The van der Waals surface area contributed by atoms with Gasteiger partial charge in [0.15, 0.2) is 0 Å². The van der Waals surface area contributed by atoms with Crippen molar-refractivity contribution in [2.24, 2.45) is 0 Å². The van der Waals surface area contributed by atoms with Crippen LogP contribution in [-0.4, -0.2) is 53.2 Å². The minimum Gasteiger partial charge on any atom is -0.508 e. The van der Waals surface area contributed by atoms with Crippen molar-refractivity contribution in [2.45, 2.75) is 51.8 Å². The van der Waals surface area contributed by atoms with Gasteiger partial charge in [0.05, 0.1) is 7.11 Å². The molecule has 0 saturated heterocycles. The first-order chi connectivity index (χ1) is 19.0. The summed E-state index contributed by atoms with van der Waals surface area (Å²) in [6.07, 6.45) is -0.542. The molecule has 0 spiro atoms. The van der Waals surface area contributed by atoms with Gasteiger partial charge in [-0.3, -0.25) is 9.59 Å². The van der Waals surface area contributed by atoms with Gasteiger partial charge < -0.3 is 30.1 Å². The van der Waals surface area contributed by atoms with Gasteiger partial charge in [-0.25, -0.2) is 4.79 Å². The van der Waals surface area contributed by atoms with E-state index in [0.29, 0.717) is 17.0 Å². The predicted octanol–water partition coefficient (Wildman–Crippen LogP) is 5.07. The summed E-state index contributed by atoms with van der Waals surface area (Å²) < 4.78 is 10.6. The van der Waals surface area contributed by atoms with Gasteiger partial charge in [0, 0.05) is 18.7 Å². The first-order valence-electron chi connectivity index (χ1n) is 13.1. The van der Waals surface area contributed by atoms with E-state index in [9.17, 15) is 19.5 Å². The highest BCUT2D eigenvalue weighted by Gasteiger charge is 2.35. The van der Waals surface area contributed by atoms with Crippen LogP contribution in [0, 0.1) is 0 Å². The highest BCUT2D eigenvalue weighted by Crippen LogP contribution is 2.27. The third kappa shape index (κ3) is 8.49. The summed E-state index contributed by atoms with van der Waals surface area (Å²) in [7, 11) is 1.55. The SMILES string of the molecule is CCN(C(=O)C(Cc1ccccc1)NC(=O)OC(C)(C)C)C(C(=O)Nc1ccc(OC)cc1)c1ccc(O)cc1. The summed E-state index contributed by atoms with van der Waals surface area (Å²) in [6, 6.07) is 20.2. The molecule has 3 rings (SSSR count). The molecule has 0 radical (unpaired) electrons. The van der Waals surface area contributed by atoms with Crippen LogP contribution in [0.15, 0.2) is 78.9 Å². The number of phenolic OH excluding ortho intramolecular Hbond substituents is 1. The first-order valence-corrected chi connectivity index (χ1v) is 13.1. The smallest absolute Gasteiger partial charge is 0.408 e. The lowest BCUT2D eigenvalue weighted by molar-refractivity contribution is -0.140. The number of hydrogen-bond acceptors (Lipinski definition) is 6. The number of aromatic hydroxyl groups is 1. The number of anilines is 1. The van der Waals surface area contributed by atoms with E-state index in [0.717, 1.165) is 5.56 Å². The Balaban J connectivity index is 1.97. The van der Waals surface area contributed by atoms with Crippen LogP contribution in [0.25, 0.3) is 0 Å². The Kier molecular flexibility index (Phi) is 10.1. The monoisotopic (exact) mass is 547 g/mol. The van der Waals surface area contributed by atoms with Crippen LogP contribution in [0.4, 0.5) is 10.5 Å². The first kappa shape index (κ1) is 30.0. The number of carbonyl (C=O) groups is 3. The number of hydrogen-bond donors (Lipinski definition) is 3. The topological polar surface area (TPSA) is 117 Å². The van der Waals surface area contributed by atoms with E-state index in [1.54, 1.807) is 71.2 Å². The molecule has 0 fully saturated rings. The van der Waals surface area contributed by atoms with Crippen molar-refractivity contribution in [3.05, 3.63) is 90.0 Å². The highest BCUT2D eigenvalue weighted by atomic mass is 16.6. The van der Waals surface area contributed by atoms with Crippen LogP contribution in [0.3, 0.4) is 0 Å². The molecular weight excluding hydrogens is 510 g/mol. The van der Waals surface area contributed by atoms with Gasteiger partial charge in [0.1, 0.15) is 29.2 Å². The van der Waals surface area contributed by atoms with Gasteiger partial charge in [0.25, 0.3) is 5.91 Å². The number of amides is 3. The van der Waals surface area contributed by atoms with Gasteiger partial charge in [-0.2, -0.15) is 0 Å². The van der Waals surface area contributed by atoms with E-state index >= 15 is 0 Å². The Labute approximate surface area is 235 Å². The number of nitrogens with zero attached hydrogens (tertiary/aromatic N) is 1. The van der Waals surface area contributed by atoms with Crippen molar-refractivity contribution < 1.29 is 29.0 Å². The van der Waals surface area contributed by atoms with Gasteiger partial charge in [-0.1, -0.05) is 42.5 Å². The molecule has 9 heteroatoms. The standard InChI is InChI=1S/C31H37N3O6/c1-6-34(29(37)26(20-21-10-8-7-9-11-21)33-30(38)40-31(2,3)4)27(22-12-16-24(35)17-13-22)28(36)32-23-14-18-25(39-5)19-15-23/h7-19,26-27,35H,6,20H2,1-5H3,(H,32,36)(H,33,38). The van der Waals surface area contributed by atoms with E-state index < -0.39 is 35.6 Å². The van der Waals surface area contributed by atoms with Crippen molar-refractivity contribution in [3.63, 3.8) is 0 Å². The highest BCUT2D eigenvalue weighted by molar-refractivity contribution is 5.99. The van der Waals surface area contributed by atoms with Gasteiger partial charge in [0.2, 0.25) is 5.91 Å². The Morgan fingerprint density at radius 2 is 1.55 bits per heavy atom. The lowest BCUT2D eigenvalue weighted by Crippen LogP contribution is -2.53. The van der Waals surface area contributed by atoms with Crippen molar-refractivity contribution >= 4 is 23.6 Å². The summed E-state index contributed by atoms with van der Waals surface area (Å²) in [4.78, 5) is 42.0. The number of benzene rings is 3. The van der Waals surface area contributed by atoms with E-state index in [4.69, 9.17) is 9.47 Å². The normalized spacial score (nSPS) is 12.5. The Hall–Kier alpha value is -4.53. The van der Waals surface area contributed by atoms with Gasteiger partial charge in [-0.05, 0) is 75.2 Å². The molecule has 0 aliphatic heterocycles. The molecule has 0 aliphatic carbocycles.